The van der Waals surface area contributed by atoms with Gasteiger partial charge in [0.1, 0.15) is 5.78 Å². The summed E-state index contributed by atoms with van der Waals surface area (Å²) in [5.41, 5.74) is 5.66. The van der Waals surface area contributed by atoms with Gasteiger partial charge in [0.2, 0.25) is 0 Å². The van der Waals surface area contributed by atoms with Crippen LogP contribution in [0.15, 0.2) is 0 Å². The van der Waals surface area contributed by atoms with Crippen molar-refractivity contribution in [2.75, 3.05) is 6.54 Å². The van der Waals surface area contributed by atoms with E-state index in [1.54, 1.807) is 0 Å². The minimum Gasteiger partial charge on any atom is -0.330 e. The molecule has 2 saturated carbocycles. The van der Waals surface area contributed by atoms with Gasteiger partial charge in [-0.15, -0.1) is 0 Å². The van der Waals surface area contributed by atoms with E-state index >= 15 is 0 Å². The van der Waals surface area contributed by atoms with E-state index in [1.165, 1.54) is 12.8 Å². The van der Waals surface area contributed by atoms with Gasteiger partial charge in [-0.05, 0) is 37.1 Å². The van der Waals surface area contributed by atoms with E-state index in [1.807, 2.05) is 0 Å². The molecule has 0 amide bonds. The first-order valence-electron chi connectivity index (χ1n) is 4.53. The Bertz CT molecular complexity index is 162. The van der Waals surface area contributed by atoms with Gasteiger partial charge in [0, 0.05) is 12.8 Å². The maximum atomic E-state index is 11.1. The average Bonchev–Trinajstić information content (AvgIpc) is 2.23. The van der Waals surface area contributed by atoms with Crippen molar-refractivity contribution in [3.8, 4) is 0 Å². The van der Waals surface area contributed by atoms with Crippen LogP contribution in [0, 0.1) is 17.8 Å². The predicted octanol–water partition coefficient (Wildman–Crippen LogP) is 0.950. The van der Waals surface area contributed by atoms with Crippen LogP contribution in [-0.4, -0.2) is 12.3 Å². The van der Waals surface area contributed by atoms with Gasteiger partial charge in [-0.25, -0.2) is 0 Å². The molecule has 0 heterocycles. The number of nitrogens with two attached hydrogens (primary N) is 1. The van der Waals surface area contributed by atoms with Crippen LogP contribution in [-0.2, 0) is 4.79 Å². The van der Waals surface area contributed by atoms with Crippen LogP contribution >= 0.6 is 0 Å². The largest absolute Gasteiger partial charge is 0.330 e. The van der Waals surface area contributed by atoms with Crippen molar-refractivity contribution in [2.45, 2.75) is 25.7 Å². The molecule has 0 aromatic rings. The number of carbonyl (C=O) groups excluding carboxylic acids is 1. The van der Waals surface area contributed by atoms with Crippen LogP contribution in [0.25, 0.3) is 0 Å². The number of rotatable bonds is 1. The van der Waals surface area contributed by atoms with Crippen molar-refractivity contribution in [3.63, 3.8) is 0 Å². The van der Waals surface area contributed by atoms with E-state index in [9.17, 15) is 4.79 Å². The SMILES string of the molecule is NCC1C2CCC1CC(=O)C2. The Morgan fingerprint density at radius 2 is 1.82 bits per heavy atom. The first-order chi connectivity index (χ1) is 5.31. The summed E-state index contributed by atoms with van der Waals surface area (Å²) >= 11 is 0. The van der Waals surface area contributed by atoms with Gasteiger partial charge >= 0.3 is 0 Å². The van der Waals surface area contributed by atoms with Crippen LogP contribution in [0.2, 0.25) is 0 Å². The topological polar surface area (TPSA) is 43.1 Å². The molecule has 2 N–H and O–H groups in total. The molecule has 0 spiro atoms. The summed E-state index contributed by atoms with van der Waals surface area (Å²) in [5, 5.41) is 0. The van der Waals surface area contributed by atoms with Crippen molar-refractivity contribution in [3.05, 3.63) is 0 Å². The zero-order valence-corrected chi connectivity index (χ0v) is 6.75. The number of fused-ring (bicyclic) bond motifs is 2. The second kappa shape index (κ2) is 2.59. The fraction of sp³-hybridized carbons (Fsp3) is 0.889. The van der Waals surface area contributed by atoms with Gasteiger partial charge in [0.05, 0.1) is 0 Å². The van der Waals surface area contributed by atoms with Crippen LogP contribution < -0.4 is 5.73 Å². The van der Waals surface area contributed by atoms with E-state index in [-0.39, 0.29) is 0 Å². The molecule has 2 nitrogen and oxygen atoms in total. The fourth-order valence-corrected chi connectivity index (χ4v) is 2.80. The van der Waals surface area contributed by atoms with Gasteiger partial charge < -0.3 is 5.73 Å². The van der Waals surface area contributed by atoms with Gasteiger partial charge in [0.25, 0.3) is 0 Å². The molecular formula is C9H15NO. The van der Waals surface area contributed by atoms with E-state index in [2.05, 4.69) is 0 Å². The number of hydrogen-bond donors (Lipinski definition) is 1. The van der Waals surface area contributed by atoms with E-state index in [4.69, 9.17) is 5.73 Å². The van der Waals surface area contributed by atoms with E-state index in [0.717, 1.165) is 19.4 Å². The monoisotopic (exact) mass is 153 g/mol. The van der Waals surface area contributed by atoms with Crippen molar-refractivity contribution < 1.29 is 4.79 Å². The summed E-state index contributed by atoms with van der Waals surface area (Å²) < 4.78 is 0. The van der Waals surface area contributed by atoms with E-state index < -0.39 is 0 Å². The molecule has 2 aliphatic carbocycles. The molecule has 2 unspecified atom stereocenters. The van der Waals surface area contributed by atoms with Gasteiger partial charge in [-0.1, -0.05) is 0 Å². The normalized spacial score (nSPS) is 43.0. The Labute approximate surface area is 67.1 Å². The molecule has 2 aliphatic rings. The lowest BCUT2D eigenvalue weighted by atomic mass is 9.78. The Hall–Kier alpha value is -0.370. The smallest absolute Gasteiger partial charge is 0.133 e. The molecule has 2 rings (SSSR count). The maximum Gasteiger partial charge on any atom is 0.133 e. The lowest BCUT2D eigenvalue weighted by Gasteiger charge is -2.27. The third-order valence-corrected chi connectivity index (χ3v) is 3.37. The molecule has 0 aliphatic heterocycles. The Morgan fingerprint density at radius 1 is 1.27 bits per heavy atom. The van der Waals surface area contributed by atoms with Crippen LogP contribution in [0.5, 0.6) is 0 Å². The van der Waals surface area contributed by atoms with E-state index in [0.29, 0.717) is 23.5 Å². The third-order valence-electron chi connectivity index (χ3n) is 3.37. The number of ketones is 1. The molecule has 0 aromatic carbocycles. The molecule has 2 fully saturated rings. The Kier molecular flexibility index (Phi) is 1.72. The quantitative estimate of drug-likeness (QED) is 0.609. The van der Waals surface area contributed by atoms with Crippen LogP contribution in [0.4, 0.5) is 0 Å². The standard InChI is InChI=1S/C9H15NO/c10-5-9-6-1-2-7(9)4-8(11)3-6/h6-7,9H,1-5,10H2. The molecule has 62 valence electrons. The lowest BCUT2D eigenvalue weighted by molar-refractivity contribution is -0.123. The van der Waals surface area contributed by atoms with Crippen molar-refractivity contribution in [2.24, 2.45) is 23.5 Å². The predicted molar refractivity (Wildman–Crippen MR) is 43.0 cm³/mol. The van der Waals surface area contributed by atoms with Gasteiger partial charge in [-0.2, -0.15) is 0 Å². The second-order valence-corrected chi connectivity index (χ2v) is 3.94. The van der Waals surface area contributed by atoms with Gasteiger partial charge in [-0.3, -0.25) is 4.79 Å². The Balaban J connectivity index is 2.12. The highest BCUT2D eigenvalue weighted by molar-refractivity contribution is 5.80. The van der Waals surface area contributed by atoms with Gasteiger partial charge in [0.15, 0.2) is 0 Å². The highest BCUT2D eigenvalue weighted by Gasteiger charge is 2.40. The Morgan fingerprint density at radius 3 is 2.27 bits per heavy atom. The molecule has 11 heavy (non-hydrogen) atoms. The number of carbonyl (C=O) groups is 1. The second-order valence-electron chi connectivity index (χ2n) is 3.94. The summed E-state index contributed by atoms with van der Waals surface area (Å²) in [4.78, 5) is 11.1. The first kappa shape index (κ1) is 7.29. The fourth-order valence-electron chi connectivity index (χ4n) is 2.80. The molecular weight excluding hydrogens is 138 g/mol. The summed E-state index contributed by atoms with van der Waals surface area (Å²) in [6.45, 7) is 0.794. The maximum absolute atomic E-state index is 11.1. The first-order valence-corrected chi connectivity index (χ1v) is 4.53. The van der Waals surface area contributed by atoms with Crippen LogP contribution in [0.3, 0.4) is 0 Å². The van der Waals surface area contributed by atoms with Crippen molar-refractivity contribution in [1.29, 1.82) is 0 Å². The molecule has 2 heteroatoms. The number of Topliss-reactive ketones (excluding diaryl/α,β-unsaturated/α-hetero) is 1. The summed E-state index contributed by atoms with van der Waals surface area (Å²) in [6, 6.07) is 0. The summed E-state index contributed by atoms with van der Waals surface area (Å²) in [6.07, 6.45) is 4.13. The highest BCUT2D eigenvalue weighted by Crippen LogP contribution is 2.44. The zero-order valence-electron chi connectivity index (χ0n) is 6.75. The molecule has 0 aromatic heterocycles. The molecule has 2 bridgehead atoms. The summed E-state index contributed by atoms with van der Waals surface area (Å²) in [7, 11) is 0. The summed E-state index contributed by atoms with van der Waals surface area (Å²) in [5.74, 6) is 2.44. The third kappa shape index (κ3) is 1.09. The molecule has 0 saturated heterocycles. The minimum absolute atomic E-state index is 0.474. The molecule has 0 radical (unpaired) electrons. The van der Waals surface area contributed by atoms with Crippen LogP contribution in [0.1, 0.15) is 25.7 Å². The van der Waals surface area contributed by atoms with Crippen molar-refractivity contribution in [1.82, 2.24) is 0 Å². The number of hydrogen-bond acceptors (Lipinski definition) is 2. The van der Waals surface area contributed by atoms with Crippen molar-refractivity contribution >= 4 is 5.78 Å². The lowest BCUT2D eigenvalue weighted by Crippen LogP contribution is -2.31. The zero-order chi connectivity index (χ0) is 7.84. The highest BCUT2D eigenvalue weighted by atomic mass is 16.1. The minimum atomic E-state index is 0.474. The average molecular weight is 153 g/mol. The molecule has 2 atom stereocenters.